The van der Waals surface area contributed by atoms with Crippen LogP contribution in [0.4, 0.5) is 0 Å². The zero-order chi connectivity index (χ0) is 12.8. The first-order valence-electron chi connectivity index (χ1n) is 5.74. The Hall–Kier alpha value is -1.04. The molecule has 0 radical (unpaired) electrons. The van der Waals surface area contributed by atoms with Crippen LogP contribution in [0, 0.1) is 5.92 Å². The number of carbonyl (C=O) groups excluding carboxylic acids is 1. The molecule has 2 N–H and O–H groups in total. The fraction of sp³-hybridized carbons (Fsp3) is 0.727. The van der Waals surface area contributed by atoms with Gasteiger partial charge in [0.05, 0.1) is 0 Å². The minimum Gasteiger partial charge on any atom is -0.349 e. The van der Waals surface area contributed by atoms with Crippen molar-refractivity contribution in [2.75, 3.05) is 18.6 Å². The van der Waals surface area contributed by atoms with Gasteiger partial charge in [-0.15, -0.1) is 5.10 Å². The van der Waals surface area contributed by atoms with Crippen molar-refractivity contribution in [1.82, 2.24) is 20.5 Å². The van der Waals surface area contributed by atoms with Crippen molar-refractivity contribution >= 4 is 17.7 Å². The average molecular weight is 256 g/mol. The van der Waals surface area contributed by atoms with E-state index in [1.165, 1.54) is 0 Å². The quantitative estimate of drug-likeness (QED) is 0.812. The summed E-state index contributed by atoms with van der Waals surface area (Å²) in [5.41, 5.74) is 0. The van der Waals surface area contributed by atoms with Crippen LogP contribution < -0.4 is 5.32 Å². The SMILES string of the molecule is CSCC(C)CNC(=O)c1n[nH]c(C(C)C)n1. The molecule has 0 aliphatic rings. The van der Waals surface area contributed by atoms with E-state index in [9.17, 15) is 4.79 Å². The highest BCUT2D eigenvalue weighted by molar-refractivity contribution is 7.98. The minimum absolute atomic E-state index is 0.207. The second kappa shape index (κ2) is 6.64. The van der Waals surface area contributed by atoms with Gasteiger partial charge in [0.25, 0.3) is 5.91 Å². The third kappa shape index (κ3) is 4.38. The van der Waals surface area contributed by atoms with Gasteiger partial charge < -0.3 is 5.32 Å². The molecule has 0 bridgehead atoms. The third-order valence-electron chi connectivity index (χ3n) is 2.31. The van der Waals surface area contributed by atoms with Gasteiger partial charge in [0, 0.05) is 12.5 Å². The zero-order valence-electron chi connectivity index (χ0n) is 10.8. The molecule has 17 heavy (non-hydrogen) atoms. The number of nitrogens with one attached hydrogen (secondary N) is 2. The molecule has 1 aromatic heterocycles. The summed E-state index contributed by atoms with van der Waals surface area (Å²) in [5.74, 6) is 2.50. The van der Waals surface area contributed by atoms with Gasteiger partial charge in [0.15, 0.2) is 0 Å². The maximum Gasteiger partial charge on any atom is 0.290 e. The molecule has 0 aromatic carbocycles. The van der Waals surface area contributed by atoms with Crippen molar-refractivity contribution in [3.05, 3.63) is 11.6 Å². The van der Waals surface area contributed by atoms with E-state index in [0.29, 0.717) is 12.5 Å². The number of H-pyrrole nitrogens is 1. The summed E-state index contributed by atoms with van der Waals surface area (Å²) in [7, 11) is 0. The highest BCUT2D eigenvalue weighted by Crippen LogP contribution is 2.07. The van der Waals surface area contributed by atoms with Crippen LogP contribution in [0.3, 0.4) is 0 Å². The Bertz CT molecular complexity index is 364. The highest BCUT2D eigenvalue weighted by Gasteiger charge is 2.14. The molecular weight excluding hydrogens is 236 g/mol. The lowest BCUT2D eigenvalue weighted by Crippen LogP contribution is -2.29. The molecule has 0 fully saturated rings. The van der Waals surface area contributed by atoms with Crippen molar-refractivity contribution in [3.63, 3.8) is 0 Å². The van der Waals surface area contributed by atoms with Crippen molar-refractivity contribution in [2.24, 2.45) is 5.92 Å². The molecule has 5 nitrogen and oxygen atoms in total. The smallest absolute Gasteiger partial charge is 0.290 e. The van der Waals surface area contributed by atoms with Crippen LogP contribution in [0.25, 0.3) is 0 Å². The van der Waals surface area contributed by atoms with E-state index in [0.717, 1.165) is 11.6 Å². The van der Waals surface area contributed by atoms with Crippen LogP contribution >= 0.6 is 11.8 Å². The summed E-state index contributed by atoms with van der Waals surface area (Å²) in [6, 6.07) is 0. The maximum absolute atomic E-state index is 11.7. The van der Waals surface area contributed by atoms with E-state index >= 15 is 0 Å². The fourth-order valence-corrected chi connectivity index (χ4v) is 2.01. The molecule has 0 saturated heterocycles. The van der Waals surface area contributed by atoms with E-state index in [1.807, 2.05) is 13.8 Å². The molecule has 96 valence electrons. The number of aromatic amines is 1. The molecule has 0 spiro atoms. The molecule has 0 saturated carbocycles. The first-order valence-corrected chi connectivity index (χ1v) is 7.13. The van der Waals surface area contributed by atoms with E-state index in [-0.39, 0.29) is 17.6 Å². The largest absolute Gasteiger partial charge is 0.349 e. The first-order chi connectivity index (χ1) is 8.04. The molecule has 1 rings (SSSR count). The maximum atomic E-state index is 11.7. The average Bonchev–Trinajstić information content (AvgIpc) is 2.75. The number of carbonyl (C=O) groups is 1. The summed E-state index contributed by atoms with van der Waals surface area (Å²) < 4.78 is 0. The normalized spacial score (nSPS) is 12.8. The molecule has 1 atom stereocenters. The lowest BCUT2D eigenvalue weighted by molar-refractivity contribution is 0.0939. The molecule has 0 aliphatic heterocycles. The topological polar surface area (TPSA) is 70.7 Å². The predicted molar refractivity (Wildman–Crippen MR) is 70.4 cm³/mol. The summed E-state index contributed by atoms with van der Waals surface area (Å²) in [4.78, 5) is 15.9. The zero-order valence-corrected chi connectivity index (χ0v) is 11.6. The van der Waals surface area contributed by atoms with Gasteiger partial charge in [0.2, 0.25) is 5.82 Å². The van der Waals surface area contributed by atoms with E-state index in [4.69, 9.17) is 0 Å². The van der Waals surface area contributed by atoms with E-state index in [1.54, 1.807) is 11.8 Å². The van der Waals surface area contributed by atoms with Crippen molar-refractivity contribution in [1.29, 1.82) is 0 Å². The monoisotopic (exact) mass is 256 g/mol. The van der Waals surface area contributed by atoms with Gasteiger partial charge in [-0.2, -0.15) is 11.8 Å². The molecule has 0 aliphatic carbocycles. The van der Waals surface area contributed by atoms with Crippen LogP contribution in [-0.4, -0.2) is 39.6 Å². The summed E-state index contributed by atoms with van der Waals surface area (Å²) in [5, 5.41) is 9.52. The van der Waals surface area contributed by atoms with Crippen molar-refractivity contribution in [3.8, 4) is 0 Å². The van der Waals surface area contributed by atoms with Crippen molar-refractivity contribution in [2.45, 2.75) is 26.7 Å². The fourth-order valence-electron chi connectivity index (χ4n) is 1.32. The standard InChI is InChI=1S/C11H20N4OS/c1-7(2)9-13-10(15-14-9)11(16)12-5-8(3)6-17-4/h7-8H,5-6H2,1-4H3,(H,12,16)(H,13,14,15). The number of rotatable bonds is 6. The van der Waals surface area contributed by atoms with Gasteiger partial charge in [-0.25, -0.2) is 4.98 Å². The number of hydrogen-bond donors (Lipinski definition) is 2. The Morgan fingerprint density at radius 2 is 2.18 bits per heavy atom. The number of aromatic nitrogens is 3. The number of thioether (sulfide) groups is 1. The summed E-state index contributed by atoms with van der Waals surface area (Å²) in [6.07, 6.45) is 2.06. The lowest BCUT2D eigenvalue weighted by atomic mass is 10.2. The van der Waals surface area contributed by atoms with Crippen LogP contribution in [0.2, 0.25) is 0 Å². The molecule has 1 amide bonds. The van der Waals surface area contributed by atoms with Gasteiger partial charge >= 0.3 is 0 Å². The van der Waals surface area contributed by atoms with E-state index in [2.05, 4.69) is 33.7 Å². The van der Waals surface area contributed by atoms with Gasteiger partial charge in [-0.1, -0.05) is 20.8 Å². The van der Waals surface area contributed by atoms with Gasteiger partial charge in [0.1, 0.15) is 5.82 Å². The van der Waals surface area contributed by atoms with Gasteiger partial charge in [-0.3, -0.25) is 9.89 Å². The second-order valence-electron chi connectivity index (χ2n) is 4.47. The number of hydrogen-bond acceptors (Lipinski definition) is 4. The Morgan fingerprint density at radius 3 is 2.71 bits per heavy atom. The summed E-state index contributed by atoms with van der Waals surface area (Å²) in [6.45, 7) is 6.77. The molecule has 6 heteroatoms. The van der Waals surface area contributed by atoms with Crippen LogP contribution in [0.1, 0.15) is 43.1 Å². The molecule has 1 heterocycles. The highest BCUT2D eigenvalue weighted by atomic mass is 32.2. The first kappa shape index (κ1) is 14.0. The van der Waals surface area contributed by atoms with E-state index < -0.39 is 0 Å². The van der Waals surface area contributed by atoms with Crippen LogP contribution in [-0.2, 0) is 0 Å². The lowest BCUT2D eigenvalue weighted by Gasteiger charge is -2.09. The second-order valence-corrected chi connectivity index (χ2v) is 5.38. The Balaban J connectivity index is 2.46. The molecule has 1 aromatic rings. The Morgan fingerprint density at radius 1 is 1.47 bits per heavy atom. The Labute approximate surface area is 106 Å². The van der Waals surface area contributed by atoms with Crippen LogP contribution in [0.15, 0.2) is 0 Å². The van der Waals surface area contributed by atoms with Crippen LogP contribution in [0.5, 0.6) is 0 Å². The number of amides is 1. The predicted octanol–water partition coefficient (Wildman–Crippen LogP) is 1.66. The van der Waals surface area contributed by atoms with Gasteiger partial charge in [-0.05, 0) is 17.9 Å². The summed E-state index contributed by atoms with van der Waals surface area (Å²) >= 11 is 1.78. The minimum atomic E-state index is -0.207. The Kier molecular flexibility index (Phi) is 5.47. The molecular formula is C11H20N4OS. The number of nitrogens with zero attached hydrogens (tertiary/aromatic N) is 2. The third-order valence-corrected chi connectivity index (χ3v) is 3.22. The van der Waals surface area contributed by atoms with Crippen molar-refractivity contribution < 1.29 is 4.79 Å². The molecule has 1 unspecified atom stereocenters.